The van der Waals surface area contributed by atoms with Crippen LogP contribution < -0.4 is 10.5 Å². The van der Waals surface area contributed by atoms with E-state index in [-0.39, 0.29) is 24.8 Å². The molecule has 2 N–H and O–H groups in total. The zero-order chi connectivity index (χ0) is 17.9. The number of ether oxygens (including phenoxy) is 1. The summed E-state index contributed by atoms with van der Waals surface area (Å²) in [5.41, 5.74) is 5.48. The smallest absolute Gasteiger partial charge is 0.222 e. The fourth-order valence-corrected chi connectivity index (χ4v) is 3.19. The summed E-state index contributed by atoms with van der Waals surface area (Å²) in [6.07, 6.45) is 4.93. The summed E-state index contributed by atoms with van der Waals surface area (Å²) in [6, 6.07) is 7.52. The highest BCUT2D eigenvalue weighted by atomic mass is 35.5. The van der Waals surface area contributed by atoms with E-state index >= 15 is 0 Å². The van der Waals surface area contributed by atoms with Gasteiger partial charge in [-0.05, 0) is 31.5 Å². The molecule has 27 heavy (non-hydrogen) atoms. The number of hydrogen-bond donors (Lipinski definition) is 1. The highest BCUT2D eigenvalue weighted by Crippen LogP contribution is 2.22. The highest BCUT2D eigenvalue weighted by molar-refractivity contribution is 6.32. The molecule has 0 saturated carbocycles. The van der Waals surface area contributed by atoms with Crippen molar-refractivity contribution in [3.05, 3.63) is 29.3 Å². The standard InChI is InChI=1S/C19H30ClN3O2.2ClH/c20-17-7-4-5-8-18(17)25-16-15-22-11-13-23(14-12-22)19(24)9-3-1-2-6-10-21;;/h4-5,7-8H,1-3,6,9-16,21H2;2*1H. The van der Waals surface area contributed by atoms with Crippen LogP contribution in [0.5, 0.6) is 5.75 Å². The van der Waals surface area contributed by atoms with Crippen LogP contribution in [0.15, 0.2) is 24.3 Å². The van der Waals surface area contributed by atoms with Gasteiger partial charge in [0.25, 0.3) is 0 Å². The lowest BCUT2D eigenvalue weighted by molar-refractivity contribution is -0.133. The average Bonchev–Trinajstić information content (AvgIpc) is 2.63. The van der Waals surface area contributed by atoms with Crippen LogP contribution in [-0.2, 0) is 4.79 Å². The molecule has 0 unspecified atom stereocenters. The Bertz CT molecular complexity index is 527. The number of rotatable bonds is 10. The minimum atomic E-state index is 0. The highest BCUT2D eigenvalue weighted by Gasteiger charge is 2.20. The van der Waals surface area contributed by atoms with Gasteiger partial charge in [-0.1, -0.05) is 36.6 Å². The molecule has 0 aliphatic carbocycles. The molecule has 1 aliphatic heterocycles. The number of carbonyl (C=O) groups is 1. The van der Waals surface area contributed by atoms with Crippen LogP contribution in [0.4, 0.5) is 0 Å². The van der Waals surface area contributed by atoms with Crippen molar-refractivity contribution >= 4 is 42.3 Å². The lowest BCUT2D eigenvalue weighted by Crippen LogP contribution is -2.49. The number of para-hydroxylation sites is 1. The number of halogens is 3. The van der Waals surface area contributed by atoms with Gasteiger partial charge in [0.2, 0.25) is 5.91 Å². The molecule has 0 radical (unpaired) electrons. The summed E-state index contributed by atoms with van der Waals surface area (Å²) in [6.45, 7) is 5.65. The molecule has 5 nitrogen and oxygen atoms in total. The van der Waals surface area contributed by atoms with E-state index in [1.807, 2.05) is 29.2 Å². The first-order valence-corrected chi connectivity index (χ1v) is 9.66. The molecule has 156 valence electrons. The molecule has 0 aromatic heterocycles. The van der Waals surface area contributed by atoms with Crippen molar-refractivity contribution in [2.45, 2.75) is 32.1 Å². The quantitative estimate of drug-likeness (QED) is 0.565. The second-order valence-corrected chi connectivity index (χ2v) is 6.86. The molecule has 0 atom stereocenters. The Kier molecular flexibility index (Phi) is 14.8. The summed E-state index contributed by atoms with van der Waals surface area (Å²) >= 11 is 6.08. The molecular weight excluding hydrogens is 409 g/mol. The van der Waals surface area contributed by atoms with Gasteiger partial charge in [-0.25, -0.2) is 0 Å². The molecule has 1 saturated heterocycles. The monoisotopic (exact) mass is 439 g/mol. The fraction of sp³-hybridized carbons (Fsp3) is 0.632. The first-order chi connectivity index (χ1) is 12.2. The first kappa shape index (κ1) is 26.3. The van der Waals surface area contributed by atoms with Crippen molar-refractivity contribution in [1.82, 2.24) is 9.80 Å². The summed E-state index contributed by atoms with van der Waals surface area (Å²) in [5, 5.41) is 0.643. The Balaban J connectivity index is 0.00000338. The van der Waals surface area contributed by atoms with Gasteiger partial charge in [-0.2, -0.15) is 0 Å². The second-order valence-electron chi connectivity index (χ2n) is 6.45. The molecule has 1 aromatic rings. The number of amides is 1. The molecule has 2 rings (SSSR count). The predicted octanol–water partition coefficient (Wildman–Crippen LogP) is 3.62. The van der Waals surface area contributed by atoms with E-state index in [0.29, 0.717) is 24.0 Å². The van der Waals surface area contributed by atoms with E-state index in [4.69, 9.17) is 22.1 Å². The van der Waals surface area contributed by atoms with Crippen molar-refractivity contribution in [2.24, 2.45) is 5.73 Å². The van der Waals surface area contributed by atoms with Gasteiger partial charge in [-0.15, -0.1) is 24.8 Å². The van der Waals surface area contributed by atoms with Crippen LogP contribution in [0, 0.1) is 0 Å². The topological polar surface area (TPSA) is 58.8 Å². The van der Waals surface area contributed by atoms with Crippen LogP contribution in [0.1, 0.15) is 32.1 Å². The number of piperazine rings is 1. The third kappa shape index (κ3) is 9.86. The van der Waals surface area contributed by atoms with Crippen LogP contribution in [-0.4, -0.2) is 61.6 Å². The van der Waals surface area contributed by atoms with Crippen molar-refractivity contribution < 1.29 is 9.53 Å². The van der Waals surface area contributed by atoms with Gasteiger partial charge in [0.05, 0.1) is 5.02 Å². The van der Waals surface area contributed by atoms with Crippen LogP contribution in [0.2, 0.25) is 5.02 Å². The summed E-state index contributed by atoms with van der Waals surface area (Å²) in [4.78, 5) is 16.5. The molecular formula is C19H32Cl3N3O2. The molecule has 1 fully saturated rings. The maximum absolute atomic E-state index is 12.2. The molecule has 0 spiro atoms. The lowest BCUT2D eigenvalue weighted by Gasteiger charge is -2.34. The van der Waals surface area contributed by atoms with Crippen molar-refractivity contribution in [3.8, 4) is 5.75 Å². The summed E-state index contributed by atoms with van der Waals surface area (Å²) < 4.78 is 5.74. The number of carbonyl (C=O) groups excluding carboxylic acids is 1. The third-order valence-electron chi connectivity index (χ3n) is 4.57. The zero-order valence-corrected chi connectivity index (χ0v) is 18.2. The molecule has 1 aliphatic rings. The number of nitrogens with zero attached hydrogens (tertiary/aromatic N) is 2. The van der Waals surface area contributed by atoms with E-state index in [0.717, 1.165) is 70.7 Å². The van der Waals surface area contributed by atoms with Crippen molar-refractivity contribution in [1.29, 1.82) is 0 Å². The largest absolute Gasteiger partial charge is 0.491 e. The Morgan fingerprint density at radius 3 is 2.37 bits per heavy atom. The minimum Gasteiger partial charge on any atom is -0.491 e. The summed E-state index contributed by atoms with van der Waals surface area (Å²) in [5.74, 6) is 1.02. The van der Waals surface area contributed by atoms with Gasteiger partial charge in [0, 0.05) is 39.1 Å². The minimum absolute atomic E-state index is 0. The number of nitrogens with two attached hydrogens (primary N) is 1. The molecule has 0 bridgehead atoms. The second kappa shape index (κ2) is 15.2. The molecule has 1 aromatic carbocycles. The Morgan fingerprint density at radius 2 is 1.70 bits per heavy atom. The van der Waals surface area contributed by atoms with E-state index < -0.39 is 0 Å². The Morgan fingerprint density at radius 1 is 1.04 bits per heavy atom. The fourth-order valence-electron chi connectivity index (χ4n) is 3.00. The van der Waals surface area contributed by atoms with E-state index in [2.05, 4.69) is 4.90 Å². The maximum Gasteiger partial charge on any atom is 0.222 e. The average molecular weight is 441 g/mol. The molecule has 1 amide bonds. The number of benzene rings is 1. The van der Waals surface area contributed by atoms with E-state index in [1.165, 1.54) is 0 Å². The van der Waals surface area contributed by atoms with Gasteiger partial charge >= 0.3 is 0 Å². The van der Waals surface area contributed by atoms with Crippen LogP contribution >= 0.6 is 36.4 Å². The zero-order valence-electron chi connectivity index (χ0n) is 15.8. The molecule has 1 heterocycles. The Labute approximate surface area is 180 Å². The van der Waals surface area contributed by atoms with Crippen molar-refractivity contribution in [3.63, 3.8) is 0 Å². The van der Waals surface area contributed by atoms with E-state index in [1.54, 1.807) is 0 Å². The molecule has 8 heteroatoms. The number of unbranched alkanes of at least 4 members (excludes halogenated alkanes) is 3. The normalized spacial score (nSPS) is 14.2. The van der Waals surface area contributed by atoms with Gasteiger partial charge in [0.15, 0.2) is 0 Å². The van der Waals surface area contributed by atoms with Crippen LogP contribution in [0.25, 0.3) is 0 Å². The van der Waals surface area contributed by atoms with Crippen LogP contribution in [0.3, 0.4) is 0 Å². The SMILES string of the molecule is Cl.Cl.NCCCCCCC(=O)N1CCN(CCOc2ccccc2Cl)CC1. The lowest BCUT2D eigenvalue weighted by atomic mass is 10.1. The van der Waals surface area contributed by atoms with E-state index in [9.17, 15) is 4.79 Å². The third-order valence-corrected chi connectivity index (χ3v) is 4.88. The maximum atomic E-state index is 12.2. The Hall–Kier alpha value is -0.720. The van der Waals surface area contributed by atoms with Gasteiger partial charge in [0.1, 0.15) is 12.4 Å². The summed E-state index contributed by atoms with van der Waals surface area (Å²) in [7, 11) is 0. The predicted molar refractivity (Wildman–Crippen MR) is 117 cm³/mol. The first-order valence-electron chi connectivity index (χ1n) is 9.28. The number of hydrogen-bond acceptors (Lipinski definition) is 4. The van der Waals surface area contributed by atoms with Gasteiger partial charge < -0.3 is 15.4 Å². The van der Waals surface area contributed by atoms with Gasteiger partial charge in [-0.3, -0.25) is 9.69 Å². The van der Waals surface area contributed by atoms with Crippen molar-refractivity contribution in [2.75, 3.05) is 45.9 Å².